The lowest BCUT2D eigenvalue weighted by Gasteiger charge is -2.22. The van der Waals surface area contributed by atoms with Gasteiger partial charge < -0.3 is 15.1 Å². The Hall–Kier alpha value is -2.84. The molecule has 1 aromatic heterocycles. The molecule has 0 bridgehead atoms. The monoisotopic (exact) mass is 430 g/mol. The lowest BCUT2D eigenvalue weighted by molar-refractivity contribution is -0.129. The van der Waals surface area contributed by atoms with E-state index in [1.807, 2.05) is 42.5 Å². The highest BCUT2D eigenvalue weighted by atomic mass is 35.5. The van der Waals surface area contributed by atoms with Gasteiger partial charge in [-0.25, -0.2) is 0 Å². The van der Waals surface area contributed by atoms with Gasteiger partial charge in [0.25, 0.3) is 5.22 Å². The number of nitrogens with zero attached hydrogens (tertiary/aromatic N) is 3. The highest BCUT2D eigenvalue weighted by molar-refractivity contribution is 7.99. The van der Waals surface area contributed by atoms with Crippen molar-refractivity contribution in [3.05, 3.63) is 65.2 Å². The molecule has 0 atom stereocenters. The van der Waals surface area contributed by atoms with E-state index in [1.165, 1.54) is 0 Å². The van der Waals surface area contributed by atoms with Gasteiger partial charge in [-0.1, -0.05) is 65.8 Å². The number of aromatic nitrogens is 2. The first kappa shape index (κ1) is 20.9. The number of primary amides is 1. The number of carbonyl (C=O) groups is 2. The fourth-order valence-corrected chi connectivity index (χ4v) is 3.45. The molecule has 0 radical (unpaired) electrons. The molecule has 0 spiro atoms. The highest BCUT2D eigenvalue weighted by Crippen LogP contribution is 2.28. The van der Waals surface area contributed by atoms with Crippen LogP contribution >= 0.6 is 23.4 Å². The SMILES string of the molecule is NC(=O)CCN(Cc1ccccc1)C(=O)CSc1nnc(-c2ccccc2Cl)o1. The molecular weight excluding hydrogens is 412 g/mol. The molecule has 2 aromatic carbocycles. The van der Waals surface area contributed by atoms with Crippen LogP contribution in [0.1, 0.15) is 12.0 Å². The summed E-state index contributed by atoms with van der Waals surface area (Å²) in [6.07, 6.45) is 0.0977. The van der Waals surface area contributed by atoms with Crippen molar-refractivity contribution >= 4 is 35.2 Å². The minimum Gasteiger partial charge on any atom is -0.411 e. The van der Waals surface area contributed by atoms with Gasteiger partial charge in [-0.3, -0.25) is 9.59 Å². The first-order valence-corrected chi connectivity index (χ1v) is 10.2. The third kappa shape index (κ3) is 6.07. The predicted octanol–water partition coefficient (Wildman–Crippen LogP) is 3.39. The van der Waals surface area contributed by atoms with Gasteiger partial charge in [0, 0.05) is 19.5 Å². The minimum absolute atomic E-state index is 0.0930. The summed E-state index contributed by atoms with van der Waals surface area (Å²) in [5.41, 5.74) is 6.84. The van der Waals surface area contributed by atoms with E-state index in [1.54, 1.807) is 17.0 Å². The van der Waals surface area contributed by atoms with Gasteiger partial charge in [0.05, 0.1) is 16.3 Å². The lowest BCUT2D eigenvalue weighted by Crippen LogP contribution is -2.34. The molecule has 0 fully saturated rings. The zero-order valence-electron chi connectivity index (χ0n) is 15.5. The molecule has 0 saturated carbocycles. The summed E-state index contributed by atoms with van der Waals surface area (Å²) in [4.78, 5) is 25.5. The van der Waals surface area contributed by atoms with Crippen LogP contribution in [0, 0.1) is 0 Å². The molecule has 0 aliphatic rings. The van der Waals surface area contributed by atoms with Crippen molar-refractivity contribution in [3.63, 3.8) is 0 Å². The Bertz CT molecular complexity index is 981. The Kier molecular flexibility index (Phi) is 7.26. The number of benzene rings is 2. The Labute approximate surface area is 177 Å². The summed E-state index contributed by atoms with van der Waals surface area (Å²) in [6.45, 7) is 0.639. The number of amides is 2. The van der Waals surface area contributed by atoms with Crippen molar-refractivity contribution in [2.75, 3.05) is 12.3 Å². The number of rotatable bonds is 9. The van der Waals surface area contributed by atoms with Gasteiger partial charge in [0.15, 0.2) is 0 Å². The summed E-state index contributed by atoms with van der Waals surface area (Å²) in [5.74, 6) is -0.224. The van der Waals surface area contributed by atoms with E-state index in [0.29, 0.717) is 23.0 Å². The van der Waals surface area contributed by atoms with Crippen molar-refractivity contribution in [3.8, 4) is 11.5 Å². The van der Waals surface area contributed by atoms with Crippen molar-refractivity contribution in [1.82, 2.24) is 15.1 Å². The van der Waals surface area contributed by atoms with E-state index in [4.69, 9.17) is 21.8 Å². The fraction of sp³-hybridized carbons (Fsp3) is 0.200. The number of thioether (sulfide) groups is 1. The van der Waals surface area contributed by atoms with Crippen LogP contribution in [-0.2, 0) is 16.1 Å². The molecular formula is C20H19ClN4O3S. The predicted molar refractivity (Wildman–Crippen MR) is 111 cm³/mol. The first-order valence-electron chi connectivity index (χ1n) is 8.84. The van der Waals surface area contributed by atoms with Crippen molar-refractivity contribution in [2.24, 2.45) is 5.73 Å². The van der Waals surface area contributed by atoms with Gasteiger partial charge >= 0.3 is 0 Å². The van der Waals surface area contributed by atoms with Gasteiger partial charge in [-0.2, -0.15) is 0 Å². The highest BCUT2D eigenvalue weighted by Gasteiger charge is 2.18. The van der Waals surface area contributed by atoms with E-state index in [9.17, 15) is 9.59 Å². The second-order valence-corrected chi connectivity index (χ2v) is 7.49. The maximum Gasteiger partial charge on any atom is 0.277 e. The van der Waals surface area contributed by atoms with Crippen LogP contribution in [0.2, 0.25) is 5.02 Å². The lowest BCUT2D eigenvalue weighted by atomic mass is 10.2. The zero-order chi connectivity index (χ0) is 20.6. The fourth-order valence-electron chi connectivity index (χ4n) is 2.57. The number of hydrogen-bond acceptors (Lipinski definition) is 6. The van der Waals surface area contributed by atoms with E-state index in [0.717, 1.165) is 17.3 Å². The largest absolute Gasteiger partial charge is 0.411 e. The molecule has 0 unspecified atom stereocenters. The Morgan fingerprint density at radius 1 is 1.07 bits per heavy atom. The molecule has 0 saturated heterocycles. The van der Waals surface area contributed by atoms with Gasteiger partial charge in [0.2, 0.25) is 17.7 Å². The Balaban J connectivity index is 1.63. The average Bonchev–Trinajstić information content (AvgIpc) is 3.19. The number of carbonyl (C=O) groups excluding carboxylic acids is 2. The number of hydrogen-bond donors (Lipinski definition) is 1. The van der Waals surface area contributed by atoms with Crippen LogP contribution in [-0.4, -0.2) is 39.2 Å². The van der Waals surface area contributed by atoms with Crippen molar-refractivity contribution in [1.29, 1.82) is 0 Å². The summed E-state index contributed by atoms with van der Waals surface area (Å²) in [7, 11) is 0. The molecule has 3 aromatic rings. The second-order valence-electron chi connectivity index (χ2n) is 6.16. The van der Waals surface area contributed by atoms with E-state index in [-0.39, 0.29) is 29.8 Å². The molecule has 2 amide bonds. The summed E-state index contributed by atoms with van der Waals surface area (Å²) < 4.78 is 5.61. The second kappa shape index (κ2) is 10.1. The van der Waals surface area contributed by atoms with Gasteiger partial charge in [-0.05, 0) is 17.7 Å². The third-order valence-corrected chi connectivity index (χ3v) is 5.16. The maximum atomic E-state index is 12.7. The molecule has 3 rings (SSSR count). The van der Waals surface area contributed by atoms with Crippen LogP contribution in [0.5, 0.6) is 0 Å². The van der Waals surface area contributed by atoms with Crippen LogP contribution in [0.15, 0.2) is 64.2 Å². The molecule has 7 nitrogen and oxygen atoms in total. The van der Waals surface area contributed by atoms with E-state index >= 15 is 0 Å². The van der Waals surface area contributed by atoms with Crippen molar-refractivity contribution < 1.29 is 14.0 Å². The molecule has 0 aliphatic carbocycles. The van der Waals surface area contributed by atoms with Crippen LogP contribution < -0.4 is 5.73 Å². The Morgan fingerprint density at radius 3 is 2.52 bits per heavy atom. The quantitative estimate of drug-likeness (QED) is 0.522. The minimum atomic E-state index is -0.454. The molecule has 0 aliphatic heterocycles. The van der Waals surface area contributed by atoms with Crippen LogP contribution in [0.25, 0.3) is 11.5 Å². The number of halogens is 1. The van der Waals surface area contributed by atoms with E-state index in [2.05, 4.69) is 10.2 Å². The van der Waals surface area contributed by atoms with Crippen LogP contribution in [0.3, 0.4) is 0 Å². The molecule has 29 heavy (non-hydrogen) atoms. The van der Waals surface area contributed by atoms with Gasteiger partial charge in [-0.15, -0.1) is 10.2 Å². The molecule has 150 valence electrons. The molecule has 9 heteroatoms. The standard InChI is InChI=1S/C20H19ClN4O3S/c21-16-9-5-4-8-15(16)19-23-24-20(28-19)29-13-18(27)25(11-10-17(22)26)12-14-6-2-1-3-7-14/h1-9H,10-13H2,(H2,22,26). The normalized spacial score (nSPS) is 10.7. The summed E-state index contributed by atoms with van der Waals surface area (Å²) in [6, 6.07) is 16.7. The summed E-state index contributed by atoms with van der Waals surface area (Å²) >= 11 is 7.27. The summed E-state index contributed by atoms with van der Waals surface area (Å²) in [5, 5.41) is 8.73. The smallest absolute Gasteiger partial charge is 0.277 e. The van der Waals surface area contributed by atoms with E-state index < -0.39 is 5.91 Å². The average molecular weight is 431 g/mol. The maximum absolute atomic E-state index is 12.7. The zero-order valence-corrected chi connectivity index (χ0v) is 17.0. The first-order chi connectivity index (χ1) is 14.0. The molecule has 2 N–H and O–H groups in total. The third-order valence-electron chi connectivity index (χ3n) is 4.03. The van der Waals surface area contributed by atoms with Gasteiger partial charge in [0.1, 0.15) is 0 Å². The topological polar surface area (TPSA) is 102 Å². The Morgan fingerprint density at radius 2 is 1.79 bits per heavy atom. The molecule has 1 heterocycles. The van der Waals surface area contributed by atoms with Crippen LogP contribution in [0.4, 0.5) is 0 Å². The van der Waals surface area contributed by atoms with Crippen molar-refractivity contribution in [2.45, 2.75) is 18.2 Å². The number of nitrogens with two attached hydrogens (primary N) is 1.